The van der Waals surface area contributed by atoms with E-state index in [1.54, 1.807) is 0 Å². The molecule has 58 heavy (non-hydrogen) atoms. The lowest BCUT2D eigenvalue weighted by Gasteiger charge is -2.15. The van der Waals surface area contributed by atoms with Crippen LogP contribution in [0.4, 0.5) is 0 Å². The Kier molecular flexibility index (Phi) is 7.88. The van der Waals surface area contributed by atoms with Crippen LogP contribution in [0.3, 0.4) is 0 Å². The summed E-state index contributed by atoms with van der Waals surface area (Å²) in [5.74, 6) is 0.680. The van der Waals surface area contributed by atoms with Gasteiger partial charge in [-0.1, -0.05) is 164 Å². The molecule has 0 radical (unpaired) electrons. The highest BCUT2D eigenvalue weighted by atomic mass is 14.9. The molecule has 0 saturated carbocycles. The zero-order chi connectivity index (χ0) is 38.6. The van der Waals surface area contributed by atoms with Crippen molar-refractivity contribution in [3.63, 3.8) is 0 Å². The molecule has 0 N–H and O–H groups in total. The van der Waals surface area contributed by atoms with Crippen molar-refractivity contribution in [1.82, 2.24) is 9.97 Å². The molecule has 1 heterocycles. The highest BCUT2D eigenvalue weighted by molar-refractivity contribution is 6.20. The molecule has 10 aromatic carbocycles. The first kappa shape index (κ1) is 33.4. The van der Waals surface area contributed by atoms with Crippen molar-refractivity contribution in [2.75, 3.05) is 0 Å². The molecular formula is C55H33N3. The van der Waals surface area contributed by atoms with Crippen molar-refractivity contribution >= 4 is 53.9 Å². The first-order valence-corrected chi connectivity index (χ1v) is 19.5. The first-order valence-electron chi connectivity index (χ1n) is 19.5. The fraction of sp³-hybridized carbons (Fsp3) is 0. The largest absolute Gasteiger partial charge is 0.228 e. The fourth-order valence-corrected chi connectivity index (χ4v) is 8.64. The molecule has 0 aliphatic heterocycles. The van der Waals surface area contributed by atoms with E-state index < -0.39 is 0 Å². The van der Waals surface area contributed by atoms with Gasteiger partial charge in [0, 0.05) is 16.7 Å². The monoisotopic (exact) mass is 735 g/mol. The summed E-state index contributed by atoms with van der Waals surface area (Å²) in [7, 11) is 0. The molecule has 11 aromatic rings. The van der Waals surface area contributed by atoms with Gasteiger partial charge in [-0.3, -0.25) is 0 Å². The van der Waals surface area contributed by atoms with Gasteiger partial charge >= 0.3 is 0 Å². The van der Waals surface area contributed by atoms with E-state index in [4.69, 9.17) is 9.97 Å². The topological polar surface area (TPSA) is 49.6 Å². The summed E-state index contributed by atoms with van der Waals surface area (Å²) in [4.78, 5) is 10.4. The molecule has 0 fully saturated rings. The van der Waals surface area contributed by atoms with Crippen LogP contribution in [0.2, 0.25) is 0 Å². The molecule has 0 unspecified atom stereocenters. The molecule has 0 aliphatic carbocycles. The van der Waals surface area contributed by atoms with Gasteiger partial charge in [0.15, 0.2) is 5.82 Å². The smallest absolute Gasteiger partial charge is 0.160 e. The van der Waals surface area contributed by atoms with Crippen molar-refractivity contribution < 1.29 is 0 Å². The van der Waals surface area contributed by atoms with Crippen LogP contribution in [-0.4, -0.2) is 9.97 Å². The second-order valence-electron chi connectivity index (χ2n) is 14.9. The van der Waals surface area contributed by atoms with Crippen molar-refractivity contribution in [1.29, 1.82) is 5.26 Å². The van der Waals surface area contributed by atoms with Crippen molar-refractivity contribution in [2.24, 2.45) is 0 Å². The lowest BCUT2D eigenvalue weighted by Crippen LogP contribution is -1.97. The molecule has 268 valence electrons. The Morgan fingerprint density at radius 2 is 0.914 bits per heavy atom. The second kappa shape index (κ2) is 13.7. The molecule has 0 bridgehead atoms. The van der Waals surface area contributed by atoms with Gasteiger partial charge in [0.25, 0.3) is 0 Å². The maximum Gasteiger partial charge on any atom is 0.160 e. The standard InChI is InChI=1S/C55H33N3/c56-34-35-18-20-37(21-19-35)45-28-29-49(48-17-9-8-16-47(45)48)53-33-52(57-55(58-53)38-11-2-1-3-12-38)42-24-22-40-31-43(25-23-39(40)30-42)54-46-15-7-5-13-41(46)32-51-44-14-6-4-10-36(44)26-27-50(51)54/h1-33H. The zero-order valence-electron chi connectivity index (χ0n) is 31.4. The third-order valence-electron chi connectivity index (χ3n) is 11.5. The van der Waals surface area contributed by atoms with Gasteiger partial charge in [-0.15, -0.1) is 0 Å². The van der Waals surface area contributed by atoms with Crippen molar-refractivity contribution in [3.05, 3.63) is 206 Å². The Hall–Kier alpha value is -7.93. The first-order chi connectivity index (χ1) is 28.7. The van der Waals surface area contributed by atoms with E-state index >= 15 is 0 Å². The van der Waals surface area contributed by atoms with Gasteiger partial charge in [0.05, 0.1) is 23.0 Å². The highest BCUT2D eigenvalue weighted by Gasteiger charge is 2.17. The molecule has 11 rings (SSSR count). The Labute approximate surface area is 335 Å². The average molecular weight is 736 g/mol. The van der Waals surface area contributed by atoms with Crippen LogP contribution < -0.4 is 0 Å². The predicted molar refractivity (Wildman–Crippen MR) is 241 cm³/mol. The number of fused-ring (bicyclic) bond motifs is 6. The molecule has 0 atom stereocenters. The minimum atomic E-state index is 0.646. The van der Waals surface area contributed by atoms with E-state index in [1.807, 2.05) is 42.5 Å². The van der Waals surface area contributed by atoms with E-state index in [-0.39, 0.29) is 0 Å². The maximum atomic E-state index is 9.38. The summed E-state index contributed by atoms with van der Waals surface area (Å²) in [5, 5.41) is 21.5. The van der Waals surface area contributed by atoms with Gasteiger partial charge < -0.3 is 0 Å². The summed E-state index contributed by atoms with van der Waals surface area (Å²) >= 11 is 0. The summed E-state index contributed by atoms with van der Waals surface area (Å²) in [5.41, 5.74) is 10.0. The maximum absolute atomic E-state index is 9.38. The lowest BCUT2D eigenvalue weighted by molar-refractivity contribution is 1.19. The second-order valence-corrected chi connectivity index (χ2v) is 14.9. The molecule has 0 amide bonds. The van der Waals surface area contributed by atoms with Gasteiger partial charge in [0.2, 0.25) is 0 Å². The average Bonchev–Trinajstić information content (AvgIpc) is 3.30. The third kappa shape index (κ3) is 5.67. The van der Waals surface area contributed by atoms with Gasteiger partial charge in [-0.25, -0.2) is 9.97 Å². The SMILES string of the molecule is N#Cc1ccc(-c2ccc(-c3cc(-c4ccc5cc(-c6c7ccccc7cc7c6ccc6ccccc67)ccc5c4)nc(-c4ccccc4)n3)c3ccccc23)cc1. The Bertz CT molecular complexity index is 3450. The minimum absolute atomic E-state index is 0.646. The zero-order valence-corrected chi connectivity index (χ0v) is 31.4. The van der Waals surface area contributed by atoms with E-state index in [2.05, 4.69) is 164 Å². The number of aromatic nitrogens is 2. The summed E-state index contributed by atoms with van der Waals surface area (Å²) < 4.78 is 0. The minimum Gasteiger partial charge on any atom is -0.228 e. The molecule has 0 aliphatic rings. The van der Waals surface area contributed by atoms with Crippen LogP contribution in [0.1, 0.15) is 5.56 Å². The number of hydrogen-bond acceptors (Lipinski definition) is 3. The molecular weight excluding hydrogens is 703 g/mol. The fourth-order valence-electron chi connectivity index (χ4n) is 8.64. The van der Waals surface area contributed by atoms with Crippen LogP contribution in [0.25, 0.3) is 110 Å². The number of nitriles is 1. The van der Waals surface area contributed by atoms with Crippen molar-refractivity contribution in [3.8, 4) is 62.2 Å². The van der Waals surface area contributed by atoms with Gasteiger partial charge in [0.1, 0.15) is 0 Å². The van der Waals surface area contributed by atoms with Crippen molar-refractivity contribution in [2.45, 2.75) is 0 Å². The van der Waals surface area contributed by atoms with E-state index in [0.29, 0.717) is 11.4 Å². The Balaban J connectivity index is 1.05. The normalized spacial score (nSPS) is 11.4. The van der Waals surface area contributed by atoms with Gasteiger partial charge in [-0.05, 0) is 113 Å². The number of hydrogen-bond donors (Lipinski definition) is 0. The van der Waals surface area contributed by atoms with Crippen LogP contribution in [-0.2, 0) is 0 Å². The third-order valence-corrected chi connectivity index (χ3v) is 11.5. The number of nitrogens with zero attached hydrogens (tertiary/aromatic N) is 3. The van der Waals surface area contributed by atoms with Gasteiger partial charge in [-0.2, -0.15) is 5.26 Å². The Morgan fingerprint density at radius 1 is 0.328 bits per heavy atom. The molecule has 0 spiro atoms. The lowest BCUT2D eigenvalue weighted by atomic mass is 9.89. The number of benzene rings is 10. The molecule has 3 heteroatoms. The predicted octanol–water partition coefficient (Wildman–Crippen LogP) is 14.4. The summed E-state index contributed by atoms with van der Waals surface area (Å²) in [6, 6.07) is 72.9. The molecule has 0 saturated heterocycles. The van der Waals surface area contributed by atoms with Crippen LogP contribution >= 0.6 is 0 Å². The van der Waals surface area contributed by atoms with Crippen LogP contribution in [0.15, 0.2) is 200 Å². The highest BCUT2D eigenvalue weighted by Crippen LogP contribution is 2.41. The van der Waals surface area contributed by atoms with Crippen LogP contribution in [0.5, 0.6) is 0 Å². The van der Waals surface area contributed by atoms with E-state index in [1.165, 1.54) is 48.8 Å². The summed E-state index contributed by atoms with van der Waals surface area (Å²) in [6.45, 7) is 0. The molecule has 1 aromatic heterocycles. The summed E-state index contributed by atoms with van der Waals surface area (Å²) in [6.07, 6.45) is 0. The van der Waals surface area contributed by atoms with E-state index in [9.17, 15) is 5.26 Å². The van der Waals surface area contributed by atoms with Crippen LogP contribution in [0, 0.1) is 11.3 Å². The Morgan fingerprint density at radius 3 is 1.69 bits per heavy atom. The van der Waals surface area contributed by atoms with E-state index in [0.717, 1.165) is 55.4 Å². The molecule has 3 nitrogen and oxygen atoms in total. The number of rotatable bonds is 5. The quantitative estimate of drug-likeness (QED) is 0.131.